The fourth-order valence-corrected chi connectivity index (χ4v) is 7.88. The molecular weight excluding hydrogens is 745 g/mol. The lowest BCUT2D eigenvalue weighted by Crippen LogP contribution is -2.45. The number of benzene rings is 3. The molecule has 59 heavy (non-hydrogen) atoms. The number of likely N-dealkylation sites (N-methyl/N-ethyl adjacent to an activating group) is 1. The van der Waals surface area contributed by atoms with E-state index in [-0.39, 0.29) is 49.6 Å². The van der Waals surface area contributed by atoms with Crippen molar-refractivity contribution in [3.63, 3.8) is 0 Å². The first-order valence-electron chi connectivity index (χ1n) is 21.1. The Kier molecular flexibility index (Phi) is 18.3. The molecule has 3 aromatic carbocycles. The van der Waals surface area contributed by atoms with Crippen LogP contribution in [-0.2, 0) is 32.0 Å². The summed E-state index contributed by atoms with van der Waals surface area (Å²) in [6.07, 6.45) is 8.87. The maximum atomic E-state index is 14.6. The molecule has 1 aliphatic rings. The van der Waals surface area contributed by atoms with Crippen LogP contribution in [0, 0.1) is 23.2 Å². The topological polar surface area (TPSA) is 169 Å². The Hall–Kier alpha value is -5.34. The molecular formula is C48H62N4O7. The van der Waals surface area contributed by atoms with E-state index >= 15 is 0 Å². The highest BCUT2D eigenvalue weighted by Crippen LogP contribution is 2.40. The van der Waals surface area contributed by atoms with Crippen LogP contribution in [-0.4, -0.2) is 67.9 Å². The monoisotopic (exact) mass is 806 g/mol. The van der Waals surface area contributed by atoms with Gasteiger partial charge in [0.05, 0.1) is 26.3 Å². The number of fused-ring (bicyclic) bond motifs is 5. The number of aryl methyl sites for hydroxylation is 1. The summed E-state index contributed by atoms with van der Waals surface area (Å²) >= 11 is 0. The van der Waals surface area contributed by atoms with E-state index in [1.165, 1.54) is 56.8 Å². The van der Waals surface area contributed by atoms with Crippen molar-refractivity contribution in [3.05, 3.63) is 82.9 Å². The number of nitrogens with zero attached hydrogens (tertiary/aromatic N) is 2. The second-order valence-electron chi connectivity index (χ2n) is 15.8. The van der Waals surface area contributed by atoms with Gasteiger partial charge in [0, 0.05) is 61.3 Å². The number of ether oxygens (including phenoxy) is 2. The number of carbonyl (C=O) groups excluding carboxylic acids is 5. The predicted octanol–water partition coefficient (Wildman–Crippen LogP) is 7.91. The van der Waals surface area contributed by atoms with E-state index in [0.717, 1.165) is 18.4 Å². The molecule has 0 spiro atoms. The number of Topliss-reactive ketones (excluding diaryl/α,β-unsaturated/α-hetero) is 3. The number of hydrogen-bond donors (Lipinski definition) is 2. The van der Waals surface area contributed by atoms with Crippen molar-refractivity contribution in [2.45, 2.75) is 116 Å². The van der Waals surface area contributed by atoms with Gasteiger partial charge in [-0.2, -0.15) is 5.26 Å². The van der Waals surface area contributed by atoms with Crippen LogP contribution in [0.15, 0.2) is 60.7 Å². The highest BCUT2D eigenvalue weighted by Gasteiger charge is 2.36. The van der Waals surface area contributed by atoms with E-state index in [2.05, 4.69) is 12.2 Å². The van der Waals surface area contributed by atoms with E-state index in [1.54, 1.807) is 38.2 Å². The molecule has 0 aliphatic carbocycles. The number of amides is 2. The second kappa shape index (κ2) is 23.3. The van der Waals surface area contributed by atoms with Gasteiger partial charge in [-0.25, -0.2) is 0 Å². The van der Waals surface area contributed by atoms with Gasteiger partial charge in [0.25, 0.3) is 0 Å². The van der Waals surface area contributed by atoms with Gasteiger partial charge in [-0.05, 0) is 79.6 Å². The molecule has 1 heterocycles. The highest BCUT2D eigenvalue weighted by molar-refractivity contribution is 6.00. The SMILES string of the molecule is CCCCCCCCc1ccc(C(=O)C[C@@H](CCCN)C(=O)N(C)[C@@H]2C(=O)C[C@@H](C)C(=O)N[C@H](C(=O)CCC#N)Cc3ccc(OC)c(c3)-c3cc2ccc3OC)cc1. The van der Waals surface area contributed by atoms with Crippen molar-refractivity contribution >= 4 is 29.2 Å². The third-order valence-corrected chi connectivity index (χ3v) is 11.3. The molecule has 0 fully saturated rings. The molecule has 0 saturated heterocycles. The Labute approximate surface area is 350 Å². The number of nitrogens with two attached hydrogens (primary N) is 1. The standard InChI is InChI=1S/C48H62N4O7/c1-6-7-8-9-10-11-14-33-17-20-35(21-18-33)42(54)31-37(15-12-25-49)48(57)52(3)46-36-22-24-45(59-5)39(30-36)38-28-34(19-23-44(38)58-4)29-40(41(53)16-13-26-50)51-47(56)32(2)27-43(46)55/h17-24,28,30,32,37,40,46H,6-16,25,27,29,31,49H2,1-5H3,(H,51,56)/t32-,37-,40+,46+/m1/s1. The molecule has 2 amide bonds. The van der Waals surface area contributed by atoms with Crippen LogP contribution in [0.5, 0.6) is 11.5 Å². The first-order valence-corrected chi connectivity index (χ1v) is 21.1. The number of nitrogens with one attached hydrogen (secondary N) is 1. The van der Waals surface area contributed by atoms with Gasteiger partial charge in [-0.15, -0.1) is 0 Å². The van der Waals surface area contributed by atoms with Gasteiger partial charge in [0.1, 0.15) is 17.5 Å². The van der Waals surface area contributed by atoms with Gasteiger partial charge in [-0.3, -0.25) is 24.0 Å². The number of nitriles is 1. The molecule has 0 saturated carbocycles. The Morgan fingerprint density at radius 3 is 2.22 bits per heavy atom. The van der Waals surface area contributed by atoms with Crippen molar-refractivity contribution in [2.75, 3.05) is 27.8 Å². The first kappa shape index (κ1) is 46.4. The van der Waals surface area contributed by atoms with Crippen molar-refractivity contribution in [3.8, 4) is 28.7 Å². The lowest BCUT2D eigenvalue weighted by atomic mass is 9.88. The second-order valence-corrected chi connectivity index (χ2v) is 15.8. The van der Waals surface area contributed by atoms with E-state index in [0.29, 0.717) is 53.1 Å². The summed E-state index contributed by atoms with van der Waals surface area (Å²) in [5.41, 5.74) is 10.1. The minimum atomic E-state index is -1.13. The minimum absolute atomic E-state index is 0.00258. The Bertz CT molecular complexity index is 1950. The molecule has 1 aliphatic heterocycles. The van der Waals surface area contributed by atoms with Crippen LogP contribution in [0.25, 0.3) is 11.1 Å². The summed E-state index contributed by atoms with van der Waals surface area (Å²) in [6, 6.07) is 18.3. The molecule has 3 N–H and O–H groups in total. The van der Waals surface area contributed by atoms with Gasteiger partial charge < -0.3 is 25.4 Å². The predicted molar refractivity (Wildman–Crippen MR) is 229 cm³/mol. The quantitative estimate of drug-likeness (QED) is 0.0851. The van der Waals surface area contributed by atoms with E-state index < -0.39 is 35.6 Å². The summed E-state index contributed by atoms with van der Waals surface area (Å²) in [4.78, 5) is 71.3. The summed E-state index contributed by atoms with van der Waals surface area (Å²) in [6.45, 7) is 4.15. The number of unbranched alkanes of at least 4 members (excludes halogenated alkanes) is 5. The van der Waals surface area contributed by atoms with Crippen LogP contribution in [0.4, 0.5) is 0 Å². The zero-order valence-corrected chi connectivity index (χ0v) is 35.5. The van der Waals surface area contributed by atoms with E-state index in [1.807, 2.05) is 42.5 Å². The molecule has 0 unspecified atom stereocenters. The normalized spacial score (nSPS) is 17.2. The molecule has 11 heteroatoms. The minimum Gasteiger partial charge on any atom is -0.496 e. The average Bonchev–Trinajstić information content (AvgIpc) is 3.24. The smallest absolute Gasteiger partial charge is 0.226 e. The summed E-state index contributed by atoms with van der Waals surface area (Å²) in [7, 11) is 4.63. The van der Waals surface area contributed by atoms with Gasteiger partial charge in [0.15, 0.2) is 17.3 Å². The van der Waals surface area contributed by atoms with Crippen molar-refractivity contribution in [1.82, 2.24) is 10.2 Å². The van der Waals surface area contributed by atoms with Crippen molar-refractivity contribution in [1.29, 1.82) is 5.26 Å². The number of rotatable bonds is 20. The zero-order chi connectivity index (χ0) is 42.9. The number of methoxy groups -OCH3 is 2. The summed E-state index contributed by atoms with van der Waals surface area (Å²) < 4.78 is 11.6. The van der Waals surface area contributed by atoms with Crippen LogP contribution in [0.1, 0.15) is 124 Å². The largest absolute Gasteiger partial charge is 0.496 e. The Morgan fingerprint density at radius 2 is 1.56 bits per heavy atom. The fraction of sp³-hybridized carbons (Fsp3) is 0.500. The molecule has 0 radical (unpaired) electrons. The molecule has 3 aromatic rings. The third kappa shape index (κ3) is 12.8. The molecule has 316 valence electrons. The molecule has 4 rings (SSSR count). The van der Waals surface area contributed by atoms with Gasteiger partial charge in [0.2, 0.25) is 11.8 Å². The van der Waals surface area contributed by atoms with Crippen LogP contribution in [0.2, 0.25) is 0 Å². The molecule has 11 nitrogen and oxygen atoms in total. The molecule has 4 atom stereocenters. The van der Waals surface area contributed by atoms with Gasteiger partial charge >= 0.3 is 0 Å². The highest BCUT2D eigenvalue weighted by atomic mass is 16.5. The van der Waals surface area contributed by atoms with Crippen molar-refractivity contribution < 1.29 is 33.4 Å². The lowest BCUT2D eigenvalue weighted by molar-refractivity contribution is -0.142. The third-order valence-electron chi connectivity index (χ3n) is 11.3. The van der Waals surface area contributed by atoms with Crippen LogP contribution >= 0.6 is 0 Å². The van der Waals surface area contributed by atoms with E-state index in [4.69, 9.17) is 20.5 Å². The fourth-order valence-electron chi connectivity index (χ4n) is 7.88. The van der Waals surface area contributed by atoms with E-state index in [9.17, 15) is 24.0 Å². The Morgan fingerprint density at radius 1 is 0.898 bits per heavy atom. The maximum absolute atomic E-state index is 14.6. The molecule has 4 bridgehead atoms. The number of carbonyl (C=O) groups is 5. The van der Waals surface area contributed by atoms with Gasteiger partial charge in [-0.1, -0.05) is 82.3 Å². The number of hydrogen-bond acceptors (Lipinski definition) is 9. The van der Waals surface area contributed by atoms with Crippen LogP contribution < -0.4 is 20.5 Å². The first-order chi connectivity index (χ1) is 28.4. The number of ketones is 3. The van der Waals surface area contributed by atoms with Crippen LogP contribution in [0.3, 0.4) is 0 Å². The maximum Gasteiger partial charge on any atom is 0.226 e. The Balaban J connectivity index is 1.70. The van der Waals surface area contributed by atoms with Crippen molar-refractivity contribution in [2.24, 2.45) is 17.6 Å². The zero-order valence-electron chi connectivity index (χ0n) is 35.5. The average molecular weight is 807 g/mol. The lowest BCUT2D eigenvalue weighted by Gasteiger charge is -2.32. The molecule has 0 aromatic heterocycles. The summed E-state index contributed by atoms with van der Waals surface area (Å²) in [5, 5.41) is 12.0. The summed E-state index contributed by atoms with van der Waals surface area (Å²) in [5.74, 6) is -2.35.